The minimum atomic E-state index is -5.05. The zero-order chi connectivity index (χ0) is 29.5. The summed E-state index contributed by atoms with van der Waals surface area (Å²) in [6.07, 6.45) is -8.41. The minimum absolute atomic E-state index is 0.00226. The maximum absolute atomic E-state index is 14.0. The molecule has 0 saturated carbocycles. The highest BCUT2D eigenvalue weighted by molar-refractivity contribution is 7.17. The third-order valence-electron chi connectivity index (χ3n) is 7.23. The number of aromatic nitrogens is 1. The Balaban J connectivity index is 1.62. The van der Waals surface area contributed by atoms with Crippen LogP contribution in [0.1, 0.15) is 33.6 Å². The van der Waals surface area contributed by atoms with E-state index in [2.05, 4.69) is 20.1 Å². The number of thiazole rings is 1. The Morgan fingerprint density at radius 2 is 1.83 bits per heavy atom. The molecule has 14 heteroatoms. The molecule has 2 aromatic carbocycles. The zero-order valence-electron chi connectivity index (χ0n) is 21.7. The number of anilines is 1. The summed E-state index contributed by atoms with van der Waals surface area (Å²) in [5.74, 6) is -0.392. The molecular formula is C27H25F6N5O2S. The first-order valence-electron chi connectivity index (χ1n) is 12.6. The van der Waals surface area contributed by atoms with Crippen LogP contribution in [0.15, 0.2) is 46.6 Å². The third-order valence-corrected chi connectivity index (χ3v) is 8.40. The van der Waals surface area contributed by atoms with Crippen molar-refractivity contribution in [2.24, 2.45) is 10.2 Å². The van der Waals surface area contributed by atoms with Gasteiger partial charge >= 0.3 is 12.4 Å². The van der Waals surface area contributed by atoms with Crippen LogP contribution in [0.2, 0.25) is 0 Å². The summed E-state index contributed by atoms with van der Waals surface area (Å²) in [4.78, 5) is 8.57. The number of rotatable bonds is 6. The molecule has 0 bridgehead atoms. The van der Waals surface area contributed by atoms with Gasteiger partial charge in [0.05, 0.1) is 27.6 Å². The molecule has 0 radical (unpaired) electrons. The highest BCUT2D eigenvalue weighted by Crippen LogP contribution is 2.41. The molecule has 1 unspecified atom stereocenters. The number of piperazine rings is 1. The van der Waals surface area contributed by atoms with Crippen LogP contribution >= 0.6 is 11.3 Å². The molecule has 3 aromatic rings. The van der Waals surface area contributed by atoms with E-state index in [9.17, 15) is 36.6 Å². The summed E-state index contributed by atoms with van der Waals surface area (Å²) < 4.78 is 81.9. The van der Waals surface area contributed by atoms with Crippen molar-refractivity contribution in [1.82, 2.24) is 9.88 Å². The number of benzene rings is 2. The summed E-state index contributed by atoms with van der Waals surface area (Å²) in [7, 11) is 1.94. The van der Waals surface area contributed by atoms with Gasteiger partial charge in [0.1, 0.15) is 0 Å². The fourth-order valence-electron chi connectivity index (χ4n) is 4.98. The normalized spacial score (nSPS) is 18.4. The van der Waals surface area contributed by atoms with E-state index in [0.29, 0.717) is 53.4 Å². The molecular weight excluding hydrogens is 572 g/mol. The number of halogens is 6. The first-order valence-corrected chi connectivity index (χ1v) is 13.4. The van der Waals surface area contributed by atoms with Crippen LogP contribution in [-0.4, -0.2) is 65.6 Å². The van der Waals surface area contributed by atoms with Crippen molar-refractivity contribution in [2.45, 2.75) is 31.2 Å². The standard InChI is InChI=1S/C27H25F6N5O2S/c1-37-7-8-38(14-19(37)6-9-39)25-35-24(40)23(41-25)20(15-3-5-22-17(10-15)13-34-36-22)11-16-2-4-18(26(28,29)30)12-21(16)27(31,32)33/h2-5,10,12-13,19,39-40H,6-9,11,14H2,1H3. The Bertz CT molecular complexity index is 1600. The van der Waals surface area contributed by atoms with Crippen molar-refractivity contribution in [2.75, 3.05) is 38.2 Å². The molecule has 0 aliphatic carbocycles. The molecule has 5 rings (SSSR count). The molecule has 3 heterocycles. The molecule has 2 aliphatic rings. The quantitative estimate of drug-likeness (QED) is 0.423. The van der Waals surface area contributed by atoms with Crippen LogP contribution in [0.5, 0.6) is 5.88 Å². The number of aliphatic hydroxyl groups excluding tert-OH is 1. The Morgan fingerprint density at radius 1 is 1.05 bits per heavy atom. The number of hydrogen-bond donors (Lipinski definition) is 2. The van der Waals surface area contributed by atoms with Gasteiger partial charge in [-0.3, -0.25) is 4.90 Å². The molecule has 2 aliphatic heterocycles. The SMILES string of the molecule is CN1CCN(c2nc(O)c(C(Cc3ccc(C(F)(F)F)cc3C(F)(F)F)=c3ccc4c(c3)C=NN=4)s2)CC1CCO. The number of nitrogens with zero attached hydrogens (tertiary/aromatic N) is 5. The lowest BCUT2D eigenvalue weighted by molar-refractivity contribution is -0.143. The topological polar surface area (TPSA) is 84.5 Å². The lowest BCUT2D eigenvalue weighted by Gasteiger charge is -2.39. The molecule has 41 heavy (non-hydrogen) atoms. The number of alkyl halides is 6. The average Bonchev–Trinajstić information content (AvgIpc) is 3.53. The van der Waals surface area contributed by atoms with Crippen molar-refractivity contribution < 1.29 is 36.6 Å². The van der Waals surface area contributed by atoms with Crippen LogP contribution in [0.3, 0.4) is 0 Å². The van der Waals surface area contributed by atoms with Gasteiger partial charge in [-0.05, 0) is 54.1 Å². The van der Waals surface area contributed by atoms with Gasteiger partial charge < -0.3 is 15.1 Å². The van der Waals surface area contributed by atoms with Gasteiger partial charge in [0.25, 0.3) is 0 Å². The lowest BCUT2D eigenvalue weighted by atomic mass is 9.94. The van der Waals surface area contributed by atoms with E-state index in [1.54, 1.807) is 18.2 Å². The average molecular weight is 598 g/mol. The van der Waals surface area contributed by atoms with Gasteiger partial charge in [0.2, 0.25) is 5.88 Å². The maximum Gasteiger partial charge on any atom is 0.416 e. The van der Waals surface area contributed by atoms with Gasteiger partial charge in [-0.1, -0.05) is 23.5 Å². The summed E-state index contributed by atoms with van der Waals surface area (Å²) >= 11 is 1.09. The molecule has 0 spiro atoms. The van der Waals surface area contributed by atoms with Gasteiger partial charge in [-0.2, -0.15) is 41.5 Å². The van der Waals surface area contributed by atoms with Crippen LogP contribution in [0.25, 0.3) is 5.57 Å². The van der Waals surface area contributed by atoms with E-state index in [0.717, 1.165) is 17.4 Å². The highest BCUT2D eigenvalue weighted by Gasteiger charge is 2.38. The van der Waals surface area contributed by atoms with Crippen molar-refractivity contribution in [3.05, 3.63) is 74.1 Å². The van der Waals surface area contributed by atoms with Gasteiger partial charge in [0.15, 0.2) is 5.13 Å². The first-order chi connectivity index (χ1) is 19.3. The summed E-state index contributed by atoms with van der Waals surface area (Å²) in [5, 5.41) is 29.6. The fourth-order valence-corrected chi connectivity index (χ4v) is 6.04. The predicted octanol–water partition coefficient (Wildman–Crippen LogP) is 3.80. The van der Waals surface area contributed by atoms with E-state index in [4.69, 9.17) is 0 Å². The van der Waals surface area contributed by atoms with Crippen LogP contribution in [-0.2, 0) is 18.8 Å². The fraction of sp³-hybridized carbons (Fsp3) is 0.370. The summed E-state index contributed by atoms with van der Waals surface area (Å²) in [6.45, 7) is 1.77. The Labute approximate surface area is 234 Å². The van der Waals surface area contributed by atoms with Crippen molar-refractivity contribution >= 4 is 28.3 Å². The van der Waals surface area contributed by atoms with E-state index in [1.807, 2.05) is 11.9 Å². The molecule has 218 valence electrons. The van der Waals surface area contributed by atoms with E-state index < -0.39 is 35.8 Å². The Hall–Kier alpha value is -3.49. The van der Waals surface area contributed by atoms with Crippen molar-refractivity contribution in [1.29, 1.82) is 0 Å². The molecule has 1 atom stereocenters. The van der Waals surface area contributed by atoms with Gasteiger partial charge in [-0.15, -0.1) is 0 Å². The predicted molar refractivity (Wildman–Crippen MR) is 142 cm³/mol. The third kappa shape index (κ3) is 6.09. The second-order valence-electron chi connectivity index (χ2n) is 9.88. The monoisotopic (exact) mass is 597 g/mol. The van der Waals surface area contributed by atoms with Crippen molar-refractivity contribution in [3.63, 3.8) is 0 Å². The number of fused-ring (bicyclic) bond motifs is 1. The largest absolute Gasteiger partial charge is 0.492 e. The molecule has 7 nitrogen and oxygen atoms in total. The first kappa shape index (κ1) is 29.0. The number of hydrogen-bond acceptors (Lipinski definition) is 8. The Kier molecular flexibility index (Phi) is 7.83. The van der Waals surface area contributed by atoms with Crippen LogP contribution in [0.4, 0.5) is 31.5 Å². The summed E-state index contributed by atoms with van der Waals surface area (Å²) in [6, 6.07) is 6.52. The zero-order valence-corrected chi connectivity index (χ0v) is 22.5. The molecule has 2 N–H and O–H groups in total. The molecule has 0 amide bonds. The highest BCUT2D eigenvalue weighted by atomic mass is 32.1. The van der Waals surface area contributed by atoms with E-state index >= 15 is 0 Å². The number of aliphatic hydroxyl groups is 1. The molecule has 1 fully saturated rings. The van der Waals surface area contributed by atoms with Crippen LogP contribution < -0.4 is 15.5 Å². The smallest absolute Gasteiger partial charge is 0.416 e. The van der Waals surface area contributed by atoms with E-state index in [1.165, 1.54) is 6.21 Å². The van der Waals surface area contributed by atoms with Crippen molar-refractivity contribution in [3.8, 4) is 5.88 Å². The number of likely N-dealkylation sites (N-methyl/N-ethyl adjacent to an activating group) is 1. The Morgan fingerprint density at radius 3 is 2.54 bits per heavy atom. The summed E-state index contributed by atoms with van der Waals surface area (Å²) in [5.41, 5.74) is -2.31. The lowest BCUT2D eigenvalue weighted by Crippen LogP contribution is -2.51. The molecule has 1 saturated heterocycles. The van der Waals surface area contributed by atoms with Gasteiger partial charge in [-0.25, -0.2) is 0 Å². The second kappa shape index (κ2) is 11.1. The van der Waals surface area contributed by atoms with Gasteiger partial charge in [0, 0.05) is 44.3 Å². The van der Waals surface area contributed by atoms with E-state index in [-0.39, 0.29) is 34.7 Å². The molecule has 1 aromatic heterocycles. The minimum Gasteiger partial charge on any atom is -0.492 e. The second-order valence-corrected chi connectivity index (χ2v) is 10.9. The van der Waals surface area contributed by atoms with Crippen LogP contribution in [0, 0.1) is 0 Å². The number of aromatic hydroxyl groups is 1. The maximum atomic E-state index is 14.0.